The Hall–Kier alpha value is -4.01. The molecular weight excluding hydrogens is 636 g/mol. The van der Waals surface area contributed by atoms with Crippen LogP contribution in [0.1, 0.15) is 115 Å². The Kier molecular flexibility index (Phi) is 14.7. The summed E-state index contributed by atoms with van der Waals surface area (Å²) in [5.74, 6) is -0.299. The molecule has 2 aliphatic heterocycles. The molecule has 3 aromatic rings. The number of rotatable bonds is 20. The van der Waals surface area contributed by atoms with E-state index in [0.29, 0.717) is 17.7 Å². The first-order valence-corrected chi connectivity index (χ1v) is 19.4. The number of piperidine rings is 1. The van der Waals surface area contributed by atoms with Crippen LogP contribution < -0.4 is 5.32 Å². The van der Waals surface area contributed by atoms with Crippen molar-refractivity contribution in [3.63, 3.8) is 0 Å². The van der Waals surface area contributed by atoms with Crippen LogP contribution in [-0.2, 0) is 4.74 Å². The van der Waals surface area contributed by atoms with E-state index in [9.17, 15) is 14.4 Å². The van der Waals surface area contributed by atoms with E-state index in [-0.39, 0.29) is 30.1 Å². The summed E-state index contributed by atoms with van der Waals surface area (Å²) < 4.78 is 6.81. The van der Waals surface area contributed by atoms with Crippen LogP contribution in [0.3, 0.4) is 0 Å². The van der Waals surface area contributed by atoms with Gasteiger partial charge in [-0.25, -0.2) is 4.79 Å². The first-order chi connectivity index (χ1) is 24.8. The van der Waals surface area contributed by atoms with Gasteiger partial charge in [-0.2, -0.15) is 0 Å². The van der Waals surface area contributed by atoms with Crippen LogP contribution in [0.4, 0.5) is 4.79 Å². The summed E-state index contributed by atoms with van der Waals surface area (Å²) in [5, 5.41) is 3.11. The predicted octanol–water partition coefficient (Wildman–Crippen LogP) is 8.24. The summed E-state index contributed by atoms with van der Waals surface area (Å²) in [6.45, 7) is 5.69. The zero-order chi connectivity index (χ0) is 35.9. The van der Waals surface area contributed by atoms with Crippen LogP contribution in [0.25, 0.3) is 0 Å². The number of imide groups is 1. The van der Waals surface area contributed by atoms with Gasteiger partial charge >= 0.3 is 6.09 Å². The summed E-state index contributed by atoms with van der Waals surface area (Å²) in [5.41, 5.74) is 3.16. The summed E-state index contributed by atoms with van der Waals surface area (Å²) in [4.78, 5) is 42.1. The van der Waals surface area contributed by atoms with E-state index >= 15 is 0 Å². The van der Waals surface area contributed by atoms with E-state index < -0.39 is 0 Å². The molecule has 0 spiro atoms. The summed E-state index contributed by atoms with van der Waals surface area (Å²) in [6.07, 6.45) is 13.8. The van der Waals surface area contributed by atoms with Crippen molar-refractivity contribution in [1.82, 2.24) is 15.1 Å². The number of carbonyl (C=O) groups is 3. The molecule has 1 N–H and O–H groups in total. The second-order valence-corrected chi connectivity index (χ2v) is 15.1. The Bertz CT molecular complexity index is 1450. The summed E-state index contributed by atoms with van der Waals surface area (Å²) >= 11 is 0. The molecule has 0 saturated carbocycles. The van der Waals surface area contributed by atoms with E-state index in [4.69, 9.17) is 4.74 Å². The number of nitrogens with one attached hydrogen (secondary N) is 1. The van der Waals surface area contributed by atoms with Gasteiger partial charge in [0.15, 0.2) is 0 Å². The smallest absolute Gasteiger partial charge is 0.408 e. The minimum atomic E-state index is -0.344. The number of quaternary nitrogens is 1. The maximum atomic E-state index is 12.9. The molecule has 8 heteroatoms. The number of ether oxygens (including phenoxy) is 1. The maximum absolute atomic E-state index is 12.9. The third-order valence-corrected chi connectivity index (χ3v) is 10.6. The van der Waals surface area contributed by atoms with Crippen molar-refractivity contribution in [1.29, 1.82) is 0 Å². The quantitative estimate of drug-likeness (QED) is 0.0732. The lowest BCUT2D eigenvalue weighted by molar-refractivity contribution is -0.890. The Balaban J connectivity index is 0.843. The van der Waals surface area contributed by atoms with Gasteiger partial charge in [0.05, 0.1) is 44.4 Å². The van der Waals surface area contributed by atoms with Crippen LogP contribution in [0.5, 0.6) is 0 Å². The van der Waals surface area contributed by atoms with E-state index in [2.05, 4.69) is 24.3 Å². The van der Waals surface area contributed by atoms with Crippen molar-refractivity contribution in [3.8, 4) is 0 Å². The van der Waals surface area contributed by atoms with Gasteiger partial charge in [-0.05, 0) is 61.9 Å². The van der Waals surface area contributed by atoms with Gasteiger partial charge in [0, 0.05) is 26.1 Å². The van der Waals surface area contributed by atoms with Crippen molar-refractivity contribution in [2.45, 2.75) is 89.2 Å². The molecule has 1 saturated heterocycles. The lowest BCUT2D eigenvalue weighted by Gasteiger charge is -2.32. The van der Waals surface area contributed by atoms with Gasteiger partial charge in [0.2, 0.25) is 0 Å². The summed E-state index contributed by atoms with van der Waals surface area (Å²) in [6, 6.07) is 27.0. The number of unbranched alkanes of at least 4 members (excludes halogenated alkanes) is 8. The predicted molar refractivity (Wildman–Crippen MR) is 204 cm³/mol. The fourth-order valence-electron chi connectivity index (χ4n) is 7.53. The van der Waals surface area contributed by atoms with Gasteiger partial charge < -0.3 is 19.4 Å². The molecule has 3 aromatic carbocycles. The van der Waals surface area contributed by atoms with Crippen LogP contribution in [0.2, 0.25) is 0 Å². The third-order valence-electron chi connectivity index (χ3n) is 10.6. The molecular formula is C43H59N4O4+. The molecule has 51 heavy (non-hydrogen) atoms. The largest absolute Gasteiger partial charge is 0.446 e. The normalized spacial score (nSPS) is 15.4. The molecule has 3 amide bonds. The highest BCUT2D eigenvalue weighted by Gasteiger charge is 2.35. The van der Waals surface area contributed by atoms with Crippen molar-refractivity contribution < 1.29 is 23.6 Å². The highest BCUT2D eigenvalue weighted by Crippen LogP contribution is 2.24. The highest BCUT2D eigenvalue weighted by atomic mass is 16.6. The van der Waals surface area contributed by atoms with Crippen LogP contribution >= 0.6 is 0 Å². The molecule has 0 aliphatic carbocycles. The molecule has 1 fully saturated rings. The first-order valence-electron chi connectivity index (χ1n) is 19.4. The van der Waals surface area contributed by atoms with Gasteiger partial charge in [0.25, 0.3) is 11.8 Å². The molecule has 0 bridgehead atoms. The Morgan fingerprint density at radius 3 is 1.69 bits per heavy atom. The number of fused-ring (bicyclic) bond motifs is 1. The zero-order valence-corrected chi connectivity index (χ0v) is 30.9. The second-order valence-electron chi connectivity index (χ2n) is 15.1. The number of hydrogen-bond acceptors (Lipinski definition) is 5. The Morgan fingerprint density at radius 2 is 1.14 bits per heavy atom. The third kappa shape index (κ3) is 11.8. The molecule has 274 valence electrons. The van der Waals surface area contributed by atoms with Crippen LogP contribution in [0.15, 0.2) is 84.9 Å². The van der Waals surface area contributed by atoms with Crippen molar-refractivity contribution in [3.05, 3.63) is 107 Å². The lowest BCUT2D eigenvalue weighted by atomic mass is 9.99. The molecule has 0 radical (unpaired) electrons. The topological polar surface area (TPSA) is 79.0 Å². The average molecular weight is 696 g/mol. The summed E-state index contributed by atoms with van der Waals surface area (Å²) in [7, 11) is 4.51. The van der Waals surface area contributed by atoms with Crippen molar-refractivity contribution >= 4 is 17.9 Å². The molecule has 2 aliphatic rings. The Labute approximate surface area is 305 Å². The number of amides is 3. The van der Waals surface area contributed by atoms with E-state index in [1.165, 1.54) is 62.7 Å². The average Bonchev–Trinajstić information content (AvgIpc) is 3.39. The number of benzene rings is 3. The van der Waals surface area contributed by atoms with E-state index in [1.54, 1.807) is 12.1 Å². The highest BCUT2D eigenvalue weighted by molar-refractivity contribution is 6.21. The van der Waals surface area contributed by atoms with Gasteiger partial charge in [-0.1, -0.05) is 111 Å². The Morgan fingerprint density at radius 1 is 0.667 bits per heavy atom. The number of carbonyl (C=O) groups excluding carboxylic acids is 3. The fraction of sp³-hybridized carbons (Fsp3) is 0.512. The SMILES string of the molecule is C[N+](C)(CCCCCCCCCCCN1CCC(OC(=O)NC(c2ccccc2)c2ccccc2)CC1)CCCN1C(=O)c2ccccc2C1=O. The molecule has 0 unspecified atom stereocenters. The van der Waals surface area contributed by atoms with Crippen molar-refractivity contribution in [2.75, 3.05) is 53.4 Å². The number of nitrogens with zero attached hydrogens (tertiary/aromatic N) is 3. The van der Waals surface area contributed by atoms with Crippen molar-refractivity contribution in [2.24, 2.45) is 0 Å². The molecule has 0 aromatic heterocycles. The zero-order valence-electron chi connectivity index (χ0n) is 30.9. The lowest BCUT2D eigenvalue weighted by Crippen LogP contribution is -2.43. The van der Waals surface area contributed by atoms with E-state index in [0.717, 1.165) is 67.6 Å². The minimum Gasteiger partial charge on any atom is -0.446 e. The van der Waals surface area contributed by atoms with Crippen LogP contribution in [-0.4, -0.2) is 91.7 Å². The standard InChI is InChI=1S/C43H58N4O4/c1-47(2,34-20-30-46-41(48)38-25-16-17-26-39(38)42(46)49)33-19-9-7-5-3-4-6-8-18-29-45-31-27-37(28-32-45)51-43(50)44-40(35-21-12-10-13-22-35)36-23-14-11-15-24-36/h10-17,21-26,37,40H,3-9,18-20,27-34H2,1-2H3/p+1. The molecule has 8 nitrogen and oxygen atoms in total. The molecule has 0 atom stereocenters. The van der Waals surface area contributed by atoms with E-state index in [1.807, 2.05) is 72.8 Å². The monoisotopic (exact) mass is 695 g/mol. The number of likely N-dealkylation sites (tertiary alicyclic amines) is 1. The first kappa shape index (κ1) is 38.2. The fourth-order valence-corrected chi connectivity index (χ4v) is 7.53. The molecule has 5 rings (SSSR count). The van der Waals surface area contributed by atoms with Crippen LogP contribution in [0, 0.1) is 0 Å². The maximum Gasteiger partial charge on any atom is 0.408 e. The number of hydrogen-bond donors (Lipinski definition) is 1. The second kappa shape index (κ2) is 19.6. The van der Waals surface area contributed by atoms with Gasteiger partial charge in [-0.15, -0.1) is 0 Å². The van der Waals surface area contributed by atoms with Gasteiger partial charge in [0.1, 0.15) is 6.10 Å². The van der Waals surface area contributed by atoms with Gasteiger partial charge in [-0.3, -0.25) is 14.5 Å². The molecule has 2 heterocycles. The minimum absolute atomic E-state index is 0.0313. The number of alkyl carbamates (subject to hydrolysis) is 1.